The molecule has 0 aliphatic rings. The minimum absolute atomic E-state index is 0.108. The minimum atomic E-state index is -0.383. The molecule has 2 N–H and O–H groups in total. The van der Waals surface area contributed by atoms with Crippen LogP contribution in [-0.4, -0.2) is 9.97 Å². The maximum absolute atomic E-state index is 13.0. The van der Waals surface area contributed by atoms with Gasteiger partial charge in [-0.25, -0.2) is 9.37 Å². The predicted molar refractivity (Wildman–Crippen MR) is 65.6 cm³/mol. The predicted octanol–water partition coefficient (Wildman–Crippen LogP) is 3.41. The van der Waals surface area contributed by atoms with Gasteiger partial charge >= 0.3 is 0 Å². The van der Waals surface area contributed by atoms with E-state index < -0.39 is 0 Å². The van der Waals surface area contributed by atoms with E-state index in [0.29, 0.717) is 5.75 Å². The highest BCUT2D eigenvalue weighted by Crippen LogP contribution is 2.30. The zero-order valence-corrected chi connectivity index (χ0v) is 10.7. The van der Waals surface area contributed by atoms with Gasteiger partial charge in [0.05, 0.1) is 4.47 Å². The van der Waals surface area contributed by atoms with Crippen LogP contribution in [0.2, 0.25) is 5.15 Å². The van der Waals surface area contributed by atoms with Crippen LogP contribution in [0, 0.1) is 5.82 Å². The maximum Gasteiger partial charge on any atom is 0.247 e. The highest BCUT2D eigenvalue weighted by atomic mass is 79.9. The average Bonchev–Trinajstić information content (AvgIpc) is 2.30. The molecule has 0 aliphatic carbocycles. The van der Waals surface area contributed by atoms with Gasteiger partial charge < -0.3 is 10.5 Å². The summed E-state index contributed by atoms with van der Waals surface area (Å²) in [6.07, 6.45) is 1.23. The van der Waals surface area contributed by atoms with Crippen molar-refractivity contribution in [2.75, 3.05) is 5.73 Å². The number of rotatable bonds is 2. The Balaban J connectivity index is 2.31. The normalized spacial score (nSPS) is 10.3. The van der Waals surface area contributed by atoms with Crippen molar-refractivity contribution in [3.8, 4) is 11.6 Å². The summed E-state index contributed by atoms with van der Waals surface area (Å²) in [7, 11) is 0. The number of anilines is 1. The number of hydrogen-bond donors (Lipinski definition) is 1. The van der Waals surface area contributed by atoms with E-state index in [4.69, 9.17) is 22.1 Å². The Morgan fingerprint density at radius 1 is 1.35 bits per heavy atom. The third-order valence-electron chi connectivity index (χ3n) is 1.90. The molecule has 0 saturated carbocycles. The molecule has 0 bridgehead atoms. The van der Waals surface area contributed by atoms with E-state index >= 15 is 0 Å². The van der Waals surface area contributed by atoms with Crippen LogP contribution < -0.4 is 10.5 Å². The summed E-state index contributed by atoms with van der Waals surface area (Å²) < 4.78 is 18.7. The highest BCUT2D eigenvalue weighted by molar-refractivity contribution is 9.10. The van der Waals surface area contributed by atoms with Gasteiger partial charge in [-0.1, -0.05) is 11.6 Å². The number of benzene rings is 1. The molecule has 0 aliphatic heterocycles. The van der Waals surface area contributed by atoms with Crippen LogP contribution >= 0.6 is 27.5 Å². The fraction of sp³-hybridized carbons (Fsp3) is 0. The summed E-state index contributed by atoms with van der Waals surface area (Å²) in [5.74, 6) is 0.134. The minimum Gasteiger partial charge on any atom is -0.437 e. The van der Waals surface area contributed by atoms with Crippen LogP contribution in [0.15, 0.2) is 29.0 Å². The number of ether oxygens (including phenoxy) is 1. The van der Waals surface area contributed by atoms with Gasteiger partial charge in [0.25, 0.3) is 0 Å². The van der Waals surface area contributed by atoms with Gasteiger partial charge in [0.1, 0.15) is 23.6 Å². The fourth-order valence-electron chi connectivity index (χ4n) is 1.09. The van der Waals surface area contributed by atoms with Crippen molar-refractivity contribution >= 4 is 33.2 Å². The van der Waals surface area contributed by atoms with E-state index in [9.17, 15) is 4.39 Å². The van der Waals surface area contributed by atoms with Gasteiger partial charge in [0.2, 0.25) is 5.88 Å². The van der Waals surface area contributed by atoms with Gasteiger partial charge in [-0.05, 0) is 34.1 Å². The van der Waals surface area contributed by atoms with Gasteiger partial charge in [0, 0.05) is 0 Å². The zero-order valence-electron chi connectivity index (χ0n) is 8.32. The molecular weight excluding hydrogens is 312 g/mol. The van der Waals surface area contributed by atoms with Gasteiger partial charge in [0.15, 0.2) is 5.15 Å². The maximum atomic E-state index is 13.0. The topological polar surface area (TPSA) is 61.0 Å². The summed E-state index contributed by atoms with van der Waals surface area (Å²) in [6.45, 7) is 0. The molecule has 0 unspecified atom stereocenters. The third kappa shape index (κ3) is 2.65. The highest BCUT2D eigenvalue weighted by Gasteiger charge is 2.09. The Labute approximate surface area is 110 Å². The van der Waals surface area contributed by atoms with Crippen molar-refractivity contribution in [2.45, 2.75) is 0 Å². The second kappa shape index (κ2) is 4.85. The van der Waals surface area contributed by atoms with Crippen LogP contribution in [0.25, 0.3) is 0 Å². The molecule has 88 valence electrons. The van der Waals surface area contributed by atoms with Crippen molar-refractivity contribution < 1.29 is 9.13 Å². The lowest BCUT2D eigenvalue weighted by atomic mass is 10.3. The summed E-state index contributed by atoms with van der Waals surface area (Å²) in [5, 5.41) is 0.108. The van der Waals surface area contributed by atoms with E-state index in [2.05, 4.69) is 25.9 Å². The number of hydrogen-bond acceptors (Lipinski definition) is 4. The number of nitrogens with two attached hydrogens (primary N) is 1. The van der Waals surface area contributed by atoms with Crippen molar-refractivity contribution in [1.82, 2.24) is 9.97 Å². The second-order valence-electron chi connectivity index (χ2n) is 3.06. The summed E-state index contributed by atoms with van der Waals surface area (Å²) in [6, 6.07) is 4.18. The Hall–Kier alpha value is -1.40. The number of aromatic nitrogens is 2. The molecule has 0 atom stereocenters. The Kier molecular flexibility index (Phi) is 3.44. The lowest BCUT2D eigenvalue weighted by Crippen LogP contribution is -1.97. The van der Waals surface area contributed by atoms with Gasteiger partial charge in [-0.3, -0.25) is 0 Å². The van der Waals surface area contributed by atoms with Crippen molar-refractivity contribution in [3.63, 3.8) is 0 Å². The van der Waals surface area contributed by atoms with Gasteiger partial charge in [-0.2, -0.15) is 4.98 Å². The van der Waals surface area contributed by atoms with Crippen LogP contribution in [0.5, 0.6) is 11.6 Å². The first-order chi connectivity index (χ1) is 8.08. The molecule has 2 rings (SSSR count). The second-order valence-corrected chi connectivity index (χ2v) is 4.27. The first-order valence-electron chi connectivity index (χ1n) is 4.47. The molecule has 0 saturated heterocycles. The summed E-state index contributed by atoms with van der Waals surface area (Å²) in [5.41, 5.74) is 5.76. The summed E-state index contributed by atoms with van der Waals surface area (Å²) in [4.78, 5) is 7.53. The molecule has 17 heavy (non-hydrogen) atoms. The smallest absolute Gasteiger partial charge is 0.247 e. The molecule has 2 aromatic rings. The number of nitrogen functional groups attached to an aromatic ring is 1. The Bertz CT molecular complexity index is 567. The molecule has 0 spiro atoms. The van der Waals surface area contributed by atoms with Crippen LogP contribution in [0.4, 0.5) is 10.1 Å². The van der Waals surface area contributed by atoms with Crippen molar-refractivity contribution in [1.29, 1.82) is 0 Å². The molecule has 0 fully saturated rings. The molecule has 4 nitrogen and oxygen atoms in total. The lowest BCUT2D eigenvalue weighted by molar-refractivity contribution is 0.462. The van der Waals surface area contributed by atoms with E-state index in [1.807, 2.05) is 0 Å². The molecular formula is C10H6BrClFN3O. The van der Waals surface area contributed by atoms with E-state index in [0.717, 1.165) is 0 Å². The van der Waals surface area contributed by atoms with Gasteiger partial charge in [-0.15, -0.1) is 0 Å². The molecule has 0 amide bonds. The average molecular weight is 319 g/mol. The molecule has 1 aromatic carbocycles. The first kappa shape index (κ1) is 12.1. The monoisotopic (exact) mass is 317 g/mol. The van der Waals surface area contributed by atoms with E-state index in [1.54, 1.807) is 0 Å². The van der Waals surface area contributed by atoms with Crippen LogP contribution in [0.3, 0.4) is 0 Å². The van der Waals surface area contributed by atoms with Crippen LogP contribution in [0.1, 0.15) is 0 Å². The zero-order chi connectivity index (χ0) is 12.4. The largest absolute Gasteiger partial charge is 0.437 e. The van der Waals surface area contributed by atoms with Crippen LogP contribution in [-0.2, 0) is 0 Å². The lowest BCUT2D eigenvalue weighted by Gasteiger charge is -2.07. The molecule has 0 radical (unpaired) electrons. The quantitative estimate of drug-likeness (QED) is 0.862. The Morgan fingerprint density at radius 3 is 2.82 bits per heavy atom. The number of nitrogens with zero attached hydrogens (tertiary/aromatic N) is 2. The third-order valence-corrected chi connectivity index (χ3v) is 2.81. The summed E-state index contributed by atoms with van der Waals surface area (Å²) >= 11 is 8.76. The standard InChI is InChI=1S/C10H6BrClFN3O/c11-6-3-5(1-2-7(6)13)17-10-8(14)9(12)15-4-16-10/h1-4H,14H2. The number of halogens is 3. The Morgan fingerprint density at radius 2 is 2.12 bits per heavy atom. The van der Waals surface area contributed by atoms with Crippen molar-refractivity contribution in [2.24, 2.45) is 0 Å². The fourth-order valence-corrected chi connectivity index (χ4v) is 1.57. The van der Waals surface area contributed by atoms with E-state index in [-0.39, 0.29) is 27.0 Å². The first-order valence-corrected chi connectivity index (χ1v) is 5.64. The molecule has 7 heteroatoms. The van der Waals surface area contributed by atoms with Crippen molar-refractivity contribution in [3.05, 3.63) is 40.0 Å². The molecule has 1 heterocycles. The SMILES string of the molecule is Nc1c(Cl)ncnc1Oc1ccc(F)c(Br)c1. The van der Waals surface area contributed by atoms with E-state index in [1.165, 1.54) is 24.5 Å². The molecule has 1 aromatic heterocycles.